The van der Waals surface area contributed by atoms with Gasteiger partial charge in [0.2, 0.25) is 0 Å². The van der Waals surface area contributed by atoms with E-state index in [-0.39, 0.29) is 17.3 Å². The van der Waals surface area contributed by atoms with Gasteiger partial charge >= 0.3 is 0 Å². The number of benzene rings is 4. The van der Waals surface area contributed by atoms with Gasteiger partial charge in [-0.25, -0.2) is 0 Å². The number of aryl methyl sites for hydroxylation is 1. The Balaban J connectivity index is 1.61. The molecule has 1 atom stereocenters. The van der Waals surface area contributed by atoms with Gasteiger partial charge in [0.1, 0.15) is 11.5 Å². The van der Waals surface area contributed by atoms with Crippen LogP contribution in [0.25, 0.3) is 5.76 Å². The molecule has 1 saturated heterocycles. The van der Waals surface area contributed by atoms with Crippen molar-refractivity contribution >= 4 is 34.5 Å². The molecular weight excluding hydrogens is 500 g/mol. The molecule has 202 valence electrons. The van der Waals surface area contributed by atoms with Gasteiger partial charge in [0, 0.05) is 22.6 Å². The molecule has 1 amide bonds. The van der Waals surface area contributed by atoms with Gasteiger partial charge in [0.05, 0.1) is 18.7 Å². The number of carbonyl (C=O) groups is 2. The largest absolute Gasteiger partial charge is 0.507 e. The summed E-state index contributed by atoms with van der Waals surface area (Å²) in [4.78, 5) is 28.6. The van der Waals surface area contributed by atoms with Crippen LogP contribution in [0.2, 0.25) is 0 Å². The molecule has 6 heteroatoms. The third-order valence-corrected chi connectivity index (χ3v) is 7.14. The number of hydrogen-bond donors (Lipinski definition) is 2. The number of aliphatic hydroxyl groups excluding tert-OH is 1. The molecule has 40 heavy (non-hydrogen) atoms. The second-order valence-corrected chi connectivity index (χ2v) is 10.2. The Kier molecular flexibility index (Phi) is 7.43. The van der Waals surface area contributed by atoms with Crippen molar-refractivity contribution in [3.8, 4) is 5.75 Å². The number of ether oxygens (including phenoxy) is 1. The van der Waals surface area contributed by atoms with Crippen molar-refractivity contribution in [2.45, 2.75) is 32.7 Å². The van der Waals surface area contributed by atoms with Gasteiger partial charge in [-0.3, -0.25) is 14.5 Å². The molecule has 4 aromatic rings. The Morgan fingerprint density at radius 1 is 0.875 bits per heavy atom. The molecule has 2 N–H and O–H groups in total. The predicted molar refractivity (Wildman–Crippen MR) is 159 cm³/mol. The summed E-state index contributed by atoms with van der Waals surface area (Å²) < 4.78 is 5.50. The Labute approximate surface area is 234 Å². The number of amides is 1. The van der Waals surface area contributed by atoms with Crippen molar-refractivity contribution in [1.29, 1.82) is 0 Å². The minimum Gasteiger partial charge on any atom is -0.507 e. The number of carbonyl (C=O) groups excluding carboxylic acids is 2. The molecule has 0 aliphatic carbocycles. The molecule has 1 heterocycles. The SMILES string of the molecule is COc1ccc(/C(O)=C2/C(=O)C(=O)N(c3ccc(Nc4ccccc4)cc3)C2c2cccc(C)c2)cc1C(C)C. The predicted octanol–water partition coefficient (Wildman–Crippen LogP) is 7.50. The zero-order valence-electron chi connectivity index (χ0n) is 23.0. The van der Waals surface area contributed by atoms with Crippen LogP contribution in [0.15, 0.2) is 103 Å². The van der Waals surface area contributed by atoms with E-state index in [4.69, 9.17) is 4.74 Å². The summed E-state index contributed by atoms with van der Waals surface area (Å²) in [6.45, 7) is 6.02. The van der Waals surface area contributed by atoms with Gasteiger partial charge < -0.3 is 15.2 Å². The van der Waals surface area contributed by atoms with Crippen LogP contribution in [-0.2, 0) is 9.59 Å². The average molecular weight is 533 g/mol. The Morgan fingerprint density at radius 3 is 2.23 bits per heavy atom. The van der Waals surface area contributed by atoms with Crippen molar-refractivity contribution in [2.75, 3.05) is 17.3 Å². The average Bonchev–Trinajstić information content (AvgIpc) is 3.23. The van der Waals surface area contributed by atoms with E-state index in [1.807, 2.05) is 106 Å². The first kappa shape index (κ1) is 26.8. The van der Waals surface area contributed by atoms with E-state index in [9.17, 15) is 14.7 Å². The lowest BCUT2D eigenvalue weighted by molar-refractivity contribution is -0.132. The summed E-state index contributed by atoms with van der Waals surface area (Å²) in [5.41, 5.74) is 5.48. The highest BCUT2D eigenvalue weighted by Crippen LogP contribution is 2.43. The van der Waals surface area contributed by atoms with Crippen molar-refractivity contribution in [2.24, 2.45) is 0 Å². The Bertz CT molecular complexity index is 1590. The van der Waals surface area contributed by atoms with Crippen LogP contribution in [0.1, 0.15) is 48.1 Å². The van der Waals surface area contributed by atoms with Crippen LogP contribution in [0.3, 0.4) is 0 Å². The first-order valence-corrected chi connectivity index (χ1v) is 13.3. The number of ketones is 1. The first-order chi connectivity index (χ1) is 19.3. The maximum atomic E-state index is 13.6. The number of nitrogens with zero attached hydrogens (tertiary/aromatic N) is 1. The lowest BCUT2D eigenvalue weighted by atomic mass is 9.92. The fourth-order valence-electron chi connectivity index (χ4n) is 5.14. The molecule has 1 aliphatic heterocycles. The number of rotatable bonds is 7. The minimum atomic E-state index is -0.794. The van der Waals surface area contributed by atoms with Gasteiger partial charge in [-0.15, -0.1) is 0 Å². The summed E-state index contributed by atoms with van der Waals surface area (Å²) in [5.74, 6) is -0.793. The summed E-state index contributed by atoms with van der Waals surface area (Å²) >= 11 is 0. The highest BCUT2D eigenvalue weighted by atomic mass is 16.5. The van der Waals surface area contributed by atoms with E-state index in [0.29, 0.717) is 17.0 Å². The topological polar surface area (TPSA) is 78.9 Å². The fourth-order valence-corrected chi connectivity index (χ4v) is 5.14. The van der Waals surface area contributed by atoms with E-state index in [0.717, 1.165) is 28.1 Å². The van der Waals surface area contributed by atoms with Crippen LogP contribution in [-0.4, -0.2) is 23.9 Å². The molecule has 1 aliphatic rings. The van der Waals surface area contributed by atoms with Crippen molar-refractivity contribution in [3.63, 3.8) is 0 Å². The van der Waals surface area contributed by atoms with Gasteiger partial charge in [0.15, 0.2) is 0 Å². The van der Waals surface area contributed by atoms with E-state index in [1.54, 1.807) is 19.2 Å². The Hall–Kier alpha value is -4.84. The number of para-hydroxylation sites is 1. The number of hydrogen-bond acceptors (Lipinski definition) is 5. The summed E-state index contributed by atoms with van der Waals surface area (Å²) in [7, 11) is 1.60. The van der Waals surface area contributed by atoms with E-state index < -0.39 is 17.7 Å². The molecule has 5 rings (SSSR count). The lowest BCUT2D eigenvalue weighted by Gasteiger charge is -2.26. The highest BCUT2D eigenvalue weighted by Gasteiger charge is 2.47. The molecule has 0 aromatic heterocycles. The van der Waals surface area contributed by atoms with Gasteiger partial charge in [-0.2, -0.15) is 0 Å². The molecule has 0 bridgehead atoms. The molecule has 0 radical (unpaired) electrons. The quantitative estimate of drug-likeness (QED) is 0.146. The maximum Gasteiger partial charge on any atom is 0.300 e. The van der Waals surface area contributed by atoms with E-state index in [1.165, 1.54) is 4.90 Å². The molecular formula is C34H32N2O4. The molecule has 1 unspecified atom stereocenters. The van der Waals surface area contributed by atoms with Gasteiger partial charge in [0.25, 0.3) is 11.7 Å². The third-order valence-electron chi connectivity index (χ3n) is 7.14. The first-order valence-electron chi connectivity index (χ1n) is 13.3. The van der Waals surface area contributed by atoms with E-state index in [2.05, 4.69) is 5.32 Å². The molecule has 4 aromatic carbocycles. The molecule has 0 spiro atoms. The number of methoxy groups -OCH3 is 1. The van der Waals surface area contributed by atoms with Gasteiger partial charge in [-0.05, 0) is 78.6 Å². The number of nitrogens with one attached hydrogen (secondary N) is 1. The van der Waals surface area contributed by atoms with Crippen molar-refractivity contribution in [3.05, 3.63) is 125 Å². The molecule has 0 saturated carbocycles. The second-order valence-electron chi connectivity index (χ2n) is 10.2. The smallest absolute Gasteiger partial charge is 0.300 e. The third kappa shape index (κ3) is 5.08. The van der Waals surface area contributed by atoms with Crippen LogP contribution < -0.4 is 15.0 Å². The maximum absolute atomic E-state index is 13.6. The van der Waals surface area contributed by atoms with Crippen LogP contribution in [0.5, 0.6) is 5.75 Å². The summed E-state index contributed by atoms with van der Waals surface area (Å²) in [6, 6.07) is 29.3. The molecule has 1 fully saturated rings. The lowest BCUT2D eigenvalue weighted by Crippen LogP contribution is -2.29. The summed E-state index contributed by atoms with van der Waals surface area (Å²) in [6.07, 6.45) is 0. The second kappa shape index (κ2) is 11.1. The van der Waals surface area contributed by atoms with Crippen molar-refractivity contribution in [1.82, 2.24) is 0 Å². The molecule has 6 nitrogen and oxygen atoms in total. The standard InChI is InChI=1S/C34H32N2O4/c1-21(2)28-20-24(13-18-29(28)40-4)32(37)30-31(23-10-8-9-22(3)19-23)36(34(39)33(30)38)27-16-14-26(15-17-27)35-25-11-6-5-7-12-25/h5-21,31,35,37H,1-4H3/b32-30-. The fraction of sp³-hybridized carbons (Fsp3) is 0.176. The van der Waals surface area contributed by atoms with Gasteiger partial charge in [-0.1, -0.05) is 61.9 Å². The van der Waals surface area contributed by atoms with Crippen molar-refractivity contribution < 1.29 is 19.4 Å². The van der Waals surface area contributed by atoms with Crippen LogP contribution in [0, 0.1) is 6.92 Å². The number of anilines is 3. The minimum absolute atomic E-state index is 0.0574. The monoisotopic (exact) mass is 532 g/mol. The summed E-state index contributed by atoms with van der Waals surface area (Å²) in [5, 5.41) is 14.9. The number of Topliss-reactive ketones (excluding diaryl/α,β-unsaturated/α-hetero) is 1. The Morgan fingerprint density at radius 2 is 1.57 bits per heavy atom. The highest BCUT2D eigenvalue weighted by molar-refractivity contribution is 6.51. The van der Waals surface area contributed by atoms with Crippen LogP contribution in [0.4, 0.5) is 17.1 Å². The van der Waals surface area contributed by atoms with Crippen LogP contribution >= 0.6 is 0 Å². The van der Waals surface area contributed by atoms with E-state index >= 15 is 0 Å². The number of aliphatic hydroxyl groups is 1. The normalized spacial score (nSPS) is 16.4. The zero-order valence-corrected chi connectivity index (χ0v) is 23.0. The zero-order chi connectivity index (χ0) is 28.4.